The Morgan fingerprint density at radius 2 is 2.11 bits per heavy atom. The highest BCUT2D eigenvalue weighted by molar-refractivity contribution is 5.78. The average molecular weight is 126 g/mol. The second-order valence-electron chi connectivity index (χ2n) is 2.12. The van der Waals surface area contributed by atoms with Crippen LogP contribution in [0.15, 0.2) is 0 Å². The molecule has 0 N–H and O–H groups in total. The van der Waals surface area contributed by atoms with E-state index in [4.69, 9.17) is 5.53 Å². The third-order valence-corrected chi connectivity index (χ3v) is 1.37. The fourth-order valence-corrected chi connectivity index (χ4v) is 0.678. The van der Waals surface area contributed by atoms with Crippen LogP contribution in [0.4, 0.5) is 0 Å². The van der Waals surface area contributed by atoms with E-state index < -0.39 is 0 Å². The SMILES string of the molecule is CCCCC(CC)=[N+]=[N-]. The molecular formula is C7H14N2. The summed E-state index contributed by atoms with van der Waals surface area (Å²) in [6, 6.07) is 0. The summed E-state index contributed by atoms with van der Waals surface area (Å²) >= 11 is 0. The van der Waals surface area contributed by atoms with Gasteiger partial charge in [0.1, 0.15) is 0 Å². The molecule has 0 radical (unpaired) electrons. The molecule has 0 atom stereocenters. The van der Waals surface area contributed by atoms with Crippen molar-refractivity contribution >= 4 is 5.71 Å². The second-order valence-corrected chi connectivity index (χ2v) is 2.12. The molecule has 0 aromatic heterocycles. The van der Waals surface area contributed by atoms with Gasteiger partial charge in [-0.05, 0) is 6.42 Å². The summed E-state index contributed by atoms with van der Waals surface area (Å²) in [5.41, 5.74) is 9.25. The van der Waals surface area contributed by atoms with Crippen molar-refractivity contribution in [1.29, 1.82) is 0 Å². The van der Waals surface area contributed by atoms with Crippen molar-refractivity contribution in [2.75, 3.05) is 0 Å². The number of rotatable bonds is 4. The highest BCUT2D eigenvalue weighted by Gasteiger charge is 2.01. The first-order valence-electron chi connectivity index (χ1n) is 3.54. The minimum absolute atomic E-state index is 0.872. The van der Waals surface area contributed by atoms with Crippen molar-refractivity contribution in [3.05, 3.63) is 5.53 Å². The van der Waals surface area contributed by atoms with E-state index in [1.807, 2.05) is 6.92 Å². The average Bonchev–Trinajstić information content (AvgIpc) is 1.91. The maximum absolute atomic E-state index is 8.34. The molecule has 2 nitrogen and oxygen atoms in total. The van der Waals surface area contributed by atoms with E-state index in [1.165, 1.54) is 6.42 Å². The molecule has 2 heteroatoms. The van der Waals surface area contributed by atoms with Gasteiger partial charge in [-0.1, -0.05) is 20.3 Å². The highest BCUT2D eigenvalue weighted by Crippen LogP contribution is 1.96. The van der Waals surface area contributed by atoms with Crippen LogP contribution in [0.3, 0.4) is 0 Å². The van der Waals surface area contributed by atoms with Crippen LogP contribution >= 0.6 is 0 Å². The molecule has 0 rings (SSSR count). The molecule has 0 saturated heterocycles. The van der Waals surface area contributed by atoms with Gasteiger partial charge in [-0.15, -0.1) is 0 Å². The summed E-state index contributed by atoms with van der Waals surface area (Å²) in [6.07, 6.45) is 4.12. The lowest BCUT2D eigenvalue weighted by atomic mass is 10.1. The molecule has 0 bridgehead atoms. The molecule has 0 aliphatic carbocycles. The zero-order valence-electron chi connectivity index (χ0n) is 6.22. The normalized spacial score (nSPS) is 8.67. The Morgan fingerprint density at radius 3 is 2.44 bits per heavy atom. The number of nitrogens with zero attached hydrogens (tertiary/aromatic N) is 2. The fourth-order valence-electron chi connectivity index (χ4n) is 0.678. The first-order chi connectivity index (χ1) is 4.35. The maximum atomic E-state index is 8.34. The Balaban J connectivity index is 3.45. The number of hydrogen-bond acceptors (Lipinski definition) is 0. The van der Waals surface area contributed by atoms with Crippen LogP contribution in [0.1, 0.15) is 39.5 Å². The van der Waals surface area contributed by atoms with Gasteiger partial charge in [0.2, 0.25) is 0 Å². The van der Waals surface area contributed by atoms with E-state index in [0.29, 0.717) is 0 Å². The first-order valence-corrected chi connectivity index (χ1v) is 3.54. The largest absolute Gasteiger partial charge is 0.362 e. The summed E-state index contributed by atoms with van der Waals surface area (Å²) in [4.78, 5) is 3.16. The van der Waals surface area contributed by atoms with Crippen molar-refractivity contribution in [2.45, 2.75) is 39.5 Å². The lowest BCUT2D eigenvalue weighted by molar-refractivity contribution is -0.0111. The number of unbranched alkanes of at least 4 members (excludes halogenated alkanes) is 1. The smallest absolute Gasteiger partial charge is 0.268 e. The fraction of sp³-hybridized carbons (Fsp3) is 0.857. The summed E-state index contributed by atoms with van der Waals surface area (Å²) < 4.78 is 0. The van der Waals surface area contributed by atoms with Gasteiger partial charge in [0.25, 0.3) is 5.71 Å². The zero-order valence-corrected chi connectivity index (χ0v) is 6.22. The van der Waals surface area contributed by atoms with Crippen LogP contribution in [-0.4, -0.2) is 10.5 Å². The summed E-state index contributed by atoms with van der Waals surface area (Å²) in [5.74, 6) is 0. The van der Waals surface area contributed by atoms with Gasteiger partial charge in [0.05, 0.1) is 0 Å². The molecule has 0 spiro atoms. The maximum Gasteiger partial charge on any atom is 0.268 e. The summed E-state index contributed by atoms with van der Waals surface area (Å²) in [7, 11) is 0. The molecule has 0 aliphatic rings. The predicted molar refractivity (Wildman–Crippen MR) is 38.4 cm³/mol. The molecule has 0 amide bonds. The molecular weight excluding hydrogens is 112 g/mol. The molecule has 0 saturated carbocycles. The van der Waals surface area contributed by atoms with E-state index in [9.17, 15) is 0 Å². The molecule has 0 aromatic rings. The number of hydrogen-bond donors (Lipinski definition) is 0. The standard InChI is InChI=1S/C7H14N2/c1-3-5-6-7(4-2)9-8/h3-6H2,1-2H3. The van der Waals surface area contributed by atoms with Crippen molar-refractivity contribution in [3.8, 4) is 0 Å². The van der Waals surface area contributed by atoms with Crippen molar-refractivity contribution in [3.63, 3.8) is 0 Å². The van der Waals surface area contributed by atoms with E-state index >= 15 is 0 Å². The highest BCUT2D eigenvalue weighted by atomic mass is 14.8. The van der Waals surface area contributed by atoms with Crippen LogP contribution in [-0.2, 0) is 0 Å². The van der Waals surface area contributed by atoms with E-state index in [2.05, 4.69) is 11.7 Å². The second kappa shape index (κ2) is 5.52. The van der Waals surface area contributed by atoms with Gasteiger partial charge in [0, 0.05) is 12.8 Å². The van der Waals surface area contributed by atoms with Crippen LogP contribution in [0.2, 0.25) is 0 Å². The van der Waals surface area contributed by atoms with Crippen LogP contribution in [0, 0.1) is 0 Å². The Hall–Kier alpha value is -0.620. The lowest BCUT2D eigenvalue weighted by Crippen LogP contribution is -1.95. The van der Waals surface area contributed by atoms with Crippen LogP contribution in [0.25, 0.3) is 5.53 Å². The Morgan fingerprint density at radius 1 is 1.44 bits per heavy atom. The molecule has 0 fully saturated rings. The Bertz CT molecular complexity index is 112. The Kier molecular flexibility index (Phi) is 5.14. The molecule has 9 heavy (non-hydrogen) atoms. The molecule has 0 aromatic carbocycles. The first kappa shape index (κ1) is 8.38. The van der Waals surface area contributed by atoms with Crippen LogP contribution < -0.4 is 0 Å². The van der Waals surface area contributed by atoms with Crippen molar-refractivity contribution in [1.82, 2.24) is 0 Å². The Labute approximate surface area is 56.5 Å². The topological polar surface area (TPSA) is 36.4 Å². The van der Waals surface area contributed by atoms with E-state index in [0.717, 1.165) is 25.0 Å². The van der Waals surface area contributed by atoms with Crippen molar-refractivity contribution in [2.24, 2.45) is 0 Å². The third-order valence-electron chi connectivity index (χ3n) is 1.37. The molecule has 0 heterocycles. The minimum Gasteiger partial charge on any atom is -0.362 e. The van der Waals surface area contributed by atoms with Crippen LogP contribution in [0.5, 0.6) is 0 Å². The monoisotopic (exact) mass is 126 g/mol. The van der Waals surface area contributed by atoms with Gasteiger partial charge in [-0.25, -0.2) is 0 Å². The van der Waals surface area contributed by atoms with Gasteiger partial charge in [-0.3, -0.25) is 0 Å². The lowest BCUT2D eigenvalue weighted by Gasteiger charge is -1.87. The molecule has 0 aliphatic heterocycles. The summed E-state index contributed by atoms with van der Waals surface area (Å²) in [6.45, 7) is 4.13. The molecule has 0 unspecified atom stereocenters. The predicted octanol–water partition coefficient (Wildman–Crippen LogP) is 2.26. The summed E-state index contributed by atoms with van der Waals surface area (Å²) in [5, 5.41) is 0. The molecule has 52 valence electrons. The van der Waals surface area contributed by atoms with Gasteiger partial charge < -0.3 is 5.53 Å². The van der Waals surface area contributed by atoms with E-state index in [1.54, 1.807) is 0 Å². The third kappa shape index (κ3) is 3.92. The van der Waals surface area contributed by atoms with Gasteiger partial charge in [-0.2, -0.15) is 4.79 Å². The van der Waals surface area contributed by atoms with Gasteiger partial charge in [0.15, 0.2) is 0 Å². The quantitative estimate of drug-likeness (QED) is 0.315. The van der Waals surface area contributed by atoms with Crippen molar-refractivity contribution < 1.29 is 4.79 Å². The minimum atomic E-state index is 0.872. The zero-order chi connectivity index (χ0) is 7.11. The van der Waals surface area contributed by atoms with E-state index in [-0.39, 0.29) is 0 Å². The van der Waals surface area contributed by atoms with Gasteiger partial charge >= 0.3 is 0 Å².